The summed E-state index contributed by atoms with van der Waals surface area (Å²) in [7, 11) is 0. The van der Waals surface area contributed by atoms with Gasteiger partial charge in [-0.15, -0.1) is 5.92 Å². The molecule has 13 heavy (non-hydrogen) atoms. The molecule has 0 bridgehead atoms. The Morgan fingerprint density at radius 1 is 1.69 bits per heavy atom. The molecule has 0 saturated carbocycles. The molecule has 0 spiro atoms. The van der Waals surface area contributed by atoms with E-state index in [1.807, 2.05) is 6.26 Å². The monoisotopic (exact) mass is 200 g/mol. The van der Waals surface area contributed by atoms with Gasteiger partial charge in [0.25, 0.3) is 0 Å². The number of thioether (sulfide) groups is 1. The average molecular weight is 200 g/mol. The smallest absolute Gasteiger partial charge is 0.237 e. The Kier molecular flexibility index (Phi) is 7.56. The molecule has 0 heterocycles. The summed E-state index contributed by atoms with van der Waals surface area (Å²) in [5.41, 5.74) is 5.61. The van der Waals surface area contributed by atoms with E-state index < -0.39 is 6.04 Å². The molecule has 0 aliphatic carbocycles. The lowest BCUT2D eigenvalue weighted by Crippen LogP contribution is -2.41. The molecule has 0 radical (unpaired) electrons. The molecule has 0 unspecified atom stereocenters. The highest BCUT2D eigenvalue weighted by molar-refractivity contribution is 7.98. The number of hydrogen-bond donors (Lipinski definition) is 2. The second-order valence-corrected chi connectivity index (χ2v) is 3.52. The van der Waals surface area contributed by atoms with Crippen molar-refractivity contribution in [2.45, 2.75) is 19.4 Å². The van der Waals surface area contributed by atoms with Gasteiger partial charge in [0.15, 0.2) is 0 Å². The van der Waals surface area contributed by atoms with Gasteiger partial charge in [-0.25, -0.2) is 0 Å². The molecule has 0 aromatic heterocycles. The number of hydrogen-bond acceptors (Lipinski definition) is 3. The van der Waals surface area contributed by atoms with E-state index in [4.69, 9.17) is 5.73 Å². The Morgan fingerprint density at radius 3 is 2.92 bits per heavy atom. The molecule has 1 amide bonds. The molecule has 3 nitrogen and oxygen atoms in total. The van der Waals surface area contributed by atoms with Crippen molar-refractivity contribution in [3.63, 3.8) is 0 Å². The van der Waals surface area contributed by atoms with Crippen molar-refractivity contribution in [2.75, 3.05) is 18.6 Å². The summed E-state index contributed by atoms with van der Waals surface area (Å²) in [5.74, 6) is 6.24. The van der Waals surface area contributed by atoms with Crippen LogP contribution in [0.25, 0.3) is 0 Å². The topological polar surface area (TPSA) is 55.1 Å². The largest absolute Gasteiger partial charge is 0.344 e. The molecule has 1 atom stereocenters. The highest BCUT2D eigenvalue weighted by atomic mass is 32.2. The van der Waals surface area contributed by atoms with E-state index in [9.17, 15) is 4.79 Å². The van der Waals surface area contributed by atoms with Crippen molar-refractivity contribution in [1.82, 2.24) is 5.32 Å². The third-order valence-electron chi connectivity index (χ3n) is 1.50. The SMILES string of the molecule is CC#CCNC(=O)[C@@H](N)CCSC. The third kappa shape index (κ3) is 6.50. The fourth-order valence-corrected chi connectivity index (χ4v) is 1.22. The quantitative estimate of drug-likeness (QED) is 0.624. The zero-order chi connectivity index (χ0) is 10.1. The summed E-state index contributed by atoms with van der Waals surface area (Å²) in [6.45, 7) is 2.13. The van der Waals surface area contributed by atoms with Gasteiger partial charge in [0.2, 0.25) is 5.91 Å². The Bertz CT molecular complexity index is 207. The van der Waals surface area contributed by atoms with Crippen molar-refractivity contribution in [3.8, 4) is 11.8 Å². The van der Waals surface area contributed by atoms with Crippen molar-refractivity contribution >= 4 is 17.7 Å². The van der Waals surface area contributed by atoms with Crippen molar-refractivity contribution in [3.05, 3.63) is 0 Å². The third-order valence-corrected chi connectivity index (χ3v) is 2.14. The highest BCUT2D eigenvalue weighted by Crippen LogP contribution is 1.98. The lowest BCUT2D eigenvalue weighted by molar-refractivity contribution is -0.122. The molecule has 0 saturated heterocycles. The minimum Gasteiger partial charge on any atom is -0.344 e. The Hall–Kier alpha value is -0.660. The number of nitrogens with one attached hydrogen (secondary N) is 1. The van der Waals surface area contributed by atoms with Crippen LogP contribution < -0.4 is 11.1 Å². The van der Waals surface area contributed by atoms with Crippen LogP contribution in [0.15, 0.2) is 0 Å². The van der Waals surface area contributed by atoms with E-state index >= 15 is 0 Å². The molecule has 0 fully saturated rings. The Morgan fingerprint density at radius 2 is 2.38 bits per heavy atom. The van der Waals surface area contributed by atoms with Crippen LogP contribution in [0.5, 0.6) is 0 Å². The molecular weight excluding hydrogens is 184 g/mol. The first-order chi connectivity index (χ1) is 6.22. The van der Waals surface area contributed by atoms with Crippen LogP contribution in [0.1, 0.15) is 13.3 Å². The maximum absolute atomic E-state index is 11.2. The molecule has 0 rings (SSSR count). The van der Waals surface area contributed by atoms with E-state index in [-0.39, 0.29) is 5.91 Å². The number of rotatable bonds is 5. The highest BCUT2D eigenvalue weighted by Gasteiger charge is 2.10. The van der Waals surface area contributed by atoms with Gasteiger partial charge in [0.1, 0.15) is 0 Å². The van der Waals surface area contributed by atoms with E-state index in [1.54, 1.807) is 18.7 Å². The summed E-state index contributed by atoms with van der Waals surface area (Å²) in [6, 6.07) is -0.397. The van der Waals surface area contributed by atoms with Crippen molar-refractivity contribution in [2.24, 2.45) is 5.73 Å². The van der Waals surface area contributed by atoms with Crippen LogP contribution in [-0.2, 0) is 4.79 Å². The molecule has 0 aromatic rings. The lowest BCUT2D eigenvalue weighted by atomic mass is 10.2. The van der Waals surface area contributed by atoms with Gasteiger partial charge >= 0.3 is 0 Å². The first-order valence-electron chi connectivity index (χ1n) is 4.14. The number of carbonyl (C=O) groups is 1. The molecule has 4 heteroatoms. The summed E-state index contributed by atoms with van der Waals surface area (Å²) in [6.07, 6.45) is 2.71. The molecular formula is C9H16N2OS. The fraction of sp³-hybridized carbons (Fsp3) is 0.667. The van der Waals surface area contributed by atoms with Gasteiger partial charge in [-0.2, -0.15) is 11.8 Å². The average Bonchev–Trinajstić information content (AvgIpc) is 2.14. The van der Waals surface area contributed by atoms with Gasteiger partial charge in [-0.05, 0) is 25.4 Å². The zero-order valence-corrected chi connectivity index (χ0v) is 8.91. The molecule has 0 aromatic carbocycles. The van der Waals surface area contributed by atoms with Gasteiger partial charge in [-0.1, -0.05) is 5.92 Å². The minimum atomic E-state index is -0.397. The number of nitrogens with two attached hydrogens (primary N) is 1. The summed E-state index contributed by atoms with van der Waals surface area (Å²) in [4.78, 5) is 11.2. The van der Waals surface area contributed by atoms with Crippen LogP contribution in [0.2, 0.25) is 0 Å². The number of carbonyl (C=O) groups excluding carboxylic acids is 1. The predicted molar refractivity (Wildman–Crippen MR) is 57.4 cm³/mol. The minimum absolute atomic E-state index is 0.114. The Labute approximate surface area is 83.8 Å². The lowest BCUT2D eigenvalue weighted by Gasteiger charge is -2.09. The van der Waals surface area contributed by atoms with Crippen LogP contribution in [-0.4, -0.2) is 30.5 Å². The van der Waals surface area contributed by atoms with Gasteiger partial charge < -0.3 is 11.1 Å². The second kappa shape index (κ2) is 7.96. The van der Waals surface area contributed by atoms with Crippen LogP contribution in [0.4, 0.5) is 0 Å². The van der Waals surface area contributed by atoms with Gasteiger partial charge in [0.05, 0.1) is 12.6 Å². The zero-order valence-electron chi connectivity index (χ0n) is 8.09. The molecule has 0 aliphatic heterocycles. The molecule has 0 aliphatic rings. The maximum Gasteiger partial charge on any atom is 0.237 e. The van der Waals surface area contributed by atoms with E-state index in [1.165, 1.54) is 0 Å². The maximum atomic E-state index is 11.2. The van der Waals surface area contributed by atoms with Crippen LogP contribution >= 0.6 is 11.8 Å². The van der Waals surface area contributed by atoms with E-state index in [2.05, 4.69) is 17.2 Å². The summed E-state index contributed by atoms with van der Waals surface area (Å²) < 4.78 is 0. The van der Waals surface area contributed by atoms with Crippen LogP contribution in [0, 0.1) is 11.8 Å². The van der Waals surface area contributed by atoms with Gasteiger partial charge in [0, 0.05) is 0 Å². The number of amides is 1. The van der Waals surface area contributed by atoms with Crippen molar-refractivity contribution < 1.29 is 4.79 Å². The van der Waals surface area contributed by atoms with Gasteiger partial charge in [-0.3, -0.25) is 4.79 Å². The molecule has 3 N–H and O–H groups in total. The van der Waals surface area contributed by atoms with E-state index in [0.29, 0.717) is 13.0 Å². The normalized spacial score (nSPS) is 11.3. The predicted octanol–water partition coefficient (Wildman–Crippen LogP) is 0.206. The summed E-state index contributed by atoms with van der Waals surface area (Å²) >= 11 is 1.69. The fourth-order valence-electron chi connectivity index (χ4n) is 0.727. The van der Waals surface area contributed by atoms with E-state index in [0.717, 1.165) is 5.75 Å². The first kappa shape index (κ1) is 12.3. The molecule has 74 valence electrons. The second-order valence-electron chi connectivity index (χ2n) is 2.53. The summed E-state index contributed by atoms with van der Waals surface area (Å²) in [5, 5.41) is 2.65. The van der Waals surface area contributed by atoms with Crippen molar-refractivity contribution in [1.29, 1.82) is 0 Å². The first-order valence-corrected chi connectivity index (χ1v) is 5.53. The standard InChI is InChI=1S/C9H16N2OS/c1-3-4-6-11-9(12)8(10)5-7-13-2/h8H,5-7,10H2,1-2H3,(H,11,12)/t8-/m0/s1. The van der Waals surface area contributed by atoms with Crippen LogP contribution in [0.3, 0.4) is 0 Å². The Balaban J connectivity index is 3.60.